The first-order valence-corrected chi connectivity index (χ1v) is 5.71. The Balaban J connectivity index is 2.41. The molecule has 0 spiro atoms. The van der Waals surface area contributed by atoms with Crippen molar-refractivity contribution in [3.8, 4) is 0 Å². The van der Waals surface area contributed by atoms with Crippen molar-refractivity contribution < 1.29 is 19.0 Å². The molecule has 0 unspecified atom stereocenters. The van der Waals surface area contributed by atoms with Crippen molar-refractivity contribution >= 4 is 5.78 Å². The van der Waals surface area contributed by atoms with E-state index in [1.165, 1.54) is 0 Å². The maximum atomic E-state index is 11.7. The number of Topliss-reactive ketones (excluding diaryl/α,β-unsaturated/α-hetero) is 1. The molecule has 0 radical (unpaired) electrons. The maximum Gasteiger partial charge on any atom is 0.272 e. The molecule has 1 rings (SSSR count). The molecule has 1 aromatic rings. The van der Waals surface area contributed by atoms with E-state index in [0.717, 1.165) is 0 Å². The number of rotatable bonds is 8. The minimum Gasteiger partial charge on any atom is -0.330 e. The largest absolute Gasteiger partial charge is 0.330 e. The Morgan fingerprint density at radius 3 is 2.18 bits per heavy atom. The molecule has 0 bridgehead atoms. The molecular formula is C13H18O4. The summed E-state index contributed by atoms with van der Waals surface area (Å²) in [5.41, 5.74) is 0.624. The molecule has 0 atom stereocenters. The summed E-state index contributed by atoms with van der Waals surface area (Å²) in [5, 5.41) is 0. The second kappa shape index (κ2) is 7.95. The van der Waals surface area contributed by atoms with Crippen molar-refractivity contribution in [3.05, 3.63) is 35.9 Å². The quantitative estimate of drug-likeness (QED) is 0.514. The maximum absolute atomic E-state index is 11.7. The zero-order valence-corrected chi connectivity index (χ0v) is 10.2. The number of benzene rings is 1. The van der Waals surface area contributed by atoms with Gasteiger partial charge in [-0.1, -0.05) is 30.3 Å². The molecule has 0 N–H and O–H groups in total. The van der Waals surface area contributed by atoms with Gasteiger partial charge in [0.25, 0.3) is 6.48 Å². The monoisotopic (exact) mass is 238 g/mol. The lowest BCUT2D eigenvalue weighted by molar-refractivity contribution is -0.279. The number of ether oxygens (including phenoxy) is 3. The first-order valence-electron chi connectivity index (χ1n) is 5.71. The van der Waals surface area contributed by atoms with Crippen LogP contribution in [0, 0.1) is 0 Å². The van der Waals surface area contributed by atoms with Gasteiger partial charge in [-0.05, 0) is 13.8 Å². The van der Waals surface area contributed by atoms with E-state index in [1.54, 1.807) is 12.1 Å². The molecule has 4 nitrogen and oxygen atoms in total. The molecule has 0 saturated heterocycles. The van der Waals surface area contributed by atoms with Crippen LogP contribution < -0.4 is 0 Å². The average molecular weight is 238 g/mol. The third-order valence-electron chi connectivity index (χ3n) is 2.05. The van der Waals surface area contributed by atoms with E-state index < -0.39 is 6.48 Å². The minimum absolute atomic E-state index is 0.0469. The fourth-order valence-electron chi connectivity index (χ4n) is 1.27. The van der Waals surface area contributed by atoms with Gasteiger partial charge in [-0.15, -0.1) is 0 Å². The van der Waals surface area contributed by atoms with E-state index in [4.69, 9.17) is 14.2 Å². The Labute approximate surface area is 101 Å². The number of ketones is 1. The first kappa shape index (κ1) is 13.8. The molecule has 0 amide bonds. The van der Waals surface area contributed by atoms with Crippen LogP contribution in [0.4, 0.5) is 0 Å². The summed E-state index contributed by atoms with van der Waals surface area (Å²) in [6, 6.07) is 9.00. The van der Waals surface area contributed by atoms with Crippen molar-refractivity contribution in [2.75, 3.05) is 19.8 Å². The van der Waals surface area contributed by atoms with Crippen LogP contribution in [0.1, 0.15) is 24.2 Å². The van der Waals surface area contributed by atoms with Crippen molar-refractivity contribution in [1.29, 1.82) is 0 Å². The molecule has 1 aromatic carbocycles. The van der Waals surface area contributed by atoms with Crippen molar-refractivity contribution in [2.45, 2.75) is 20.3 Å². The van der Waals surface area contributed by atoms with Crippen LogP contribution in [0.15, 0.2) is 30.3 Å². The van der Waals surface area contributed by atoms with Crippen LogP contribution in [-0.2, 0) is 14.2 Å². The molecule has 0 aliphatic rings. The van der Waals surface area contributed by atoms with Gasteiger partial charge in [-0.25, -0.2) is 0 Å². The summed E-state index contributed by atoms with van der Waals surface area (Å²) >= 11 is 0. The SMILES string of the molecule is CCOC(OCC)OCC(=O)c1ccccc1. The number of hydrogen-bond acceptors (Lipinski definition) is 4. The summed E-state index contributed by atoms with van der Waals surface area (Å²) in [6.45, 7) is 3.82. The van der Waals surface area contributed by atoms with Crippen LogP contribution in [0.25, 0.3) is 0 Å². The van der Waals surface area contributed by atoms with Gasteiger partial charge in [0.05, 0.1) is 0 Å². The summed E-state index contributed by atoms with van der Waals surface area (Å²) in [6.07, 6.45) is 0. The van der Waals surface area contributed by atoms with E-state index in [1.807, 2.05) is 32.0 Å². The van der Waals surface area contributed by atoms with Crippen LogP contribution in [-0.4, -0.2) is 32.1 Å². The van der Waals surface area contributed by atoms with Gasteiger partial charge in [-0.3, -0.25) is 4.79 Å². The zero-order valence-electron chi connectivity index (χ0n) is 10.2. The Bertz CT molecular complexity index is 317. The van der Waals surface area contributed by atoms with Gasteiger partial charge in [0.1, 0.15) is 6.61 Å². The van der Waals surface area contributed by atoms with E-state index in [-0.39, 0.29) is 12.4 Å². The molecule has 0 aliphatic carbocycles. The van der Waals surface area contributed by atoms with Gasteiger partial charge in [-0.2, -0.15) is 0 Å². The predicted molar refractivity (Wildman–Crippen MR) is 63.8 cm³/mol. The molecule has 0 aliphatic heterocycles. The Morgan fingerprint density at radius 1 is 1.06 bits per heavy atom. The minimum atomic E-state index is -0.766. The molecule has 0 fully saturated rings. The number of carbonyl (C=O) groups excluding carboxylic acids is 1. The second-order valence-electron chi connectivity index (χ2n) is 3.30. The topological polar surface area (TPSA) is 44.8 Å². The predicted octanol–water partition coefficient (Wildman–Crippen LogP) is 2.24. The van der Waals surface area contributed by atoms with E-state index >= 15 is 0 Å². The van der Waals surface area contributed by atoms with E-state index in [0.29, 0.717) is 18.8 Å². The Morgan fingerprint density at radius 2 is 1.65 bits per heavy atom. The molecule has 0 heterocycles. The second-order valence-corrected chi connectivity index (χ2v) is 3.30. The van der Waals surface area contributed by atoms with Crippen LogP contribution in [0.5, 0.6) is 0 Å². The third-order valence-corrected chi connectivity index (χ3v) is 2.05. The Hall–Kier alpha value is -1.23. The lowest BCUT2D eigenvalue weighted by atomic mass is 10.1. The van der Waals surface area contributed by atoms with Crippen LogP contribution in [0.3, 0.4) is 0 Å². The number of carbonyl (C=O) groups is 1. The molecule has 17 heavy (non-hydrogen) atoms. The highest BCUT2D eigenvalue weighted by Gasteiger charge is 2.12. The highest BCUT2D eigenvalue weighted by atomic mass is 16.8. The average Bonchev–Trinajstić information content (AvgIpc) is 2.37. The van der Waals surface area contributed by atoms with Gasteiger partial charge in [0.15, 0.2) is 5.78 Å². The van der Waals surface area contributed by atoms with Crippen molar-refractivity contribution in [3.63, 3.8) is 0 Å². The van der Waals surface area contributed by atoms with Crippen molar-refractivity contribution in [2.24, 2.45) is 0 Å². The van der Waals surface area contributed by atoms with Gasteiger partial charge >= 0.3 is 0 Å². The fraction of sp³-hybridized carbons (Fsp3) is 0.462. The molecule has 94 valence electrons. The standard InChI is InChI=1S/C13H18O4/c1-3-15-13(16-4-2)17-10-12(14)11-8-6-5-7-9-11/h5-9,13H,3-4,10H2,1-2H3. The number of hydrogen-bond donors (Lipinski definition) is 0. The molecular weight excluding hydrogens is 220 g/mol. The third kappa shape index (κ3) is 5.08. The summed E-state index contributed by atoms with van der Waals surface area (Å²) in [5.74, 6) is -0.0880. The lowest BCUT2D eigenvalue weighted by Crippen LogP contribution is -2.24. The molecule has 4 heteroatoms. The Kier molecular flexibility index (Phi) is 6.47. The van der Waals surface area contributed by atoms with Crippen molar-refractivity contribution in [1.82, 2.24) is 0 Å². The fourth-order valence-corrected chi connectivity index (χ4v) is 1.27. The van der Waals surface area contributed by atoms with Crippen LogP contribution in [0.2, 0.25) is 0 Å². The lowest BCUT2D eigenvalue weighted by Gasteiger charge is -2.16. The summed E-state index contributed by atoms with van der Waals surface area (Å²) < 4.78 is 15.6. The van der Waals surface area contributed by atoms with Crippen LogP contribution >= 0.6 is 0 Å². The highest BCUT2D eigenvalue weighted by molar-refractivity contribution is 5.96. The normalized spacial score (nSPS) is 10.8. The molecule has 0 aromatic heterocycles. The summed E-state index contributed by atoms with van der Waals surface area (Å²) in [4.78, 5) is 11.7. The summed E-state index contributed by atoms with van der Waals surface area (Å²) in [7, 11) is 0. The zero-order chi connectivity index (χ0) is 12.5. The van der Waals surface area contributed by atoms with E-state index in [9.17, 15) is 4.79 Å². The highest BCUT2D eigenvalue weighted by Crippen LogP contribution is 2.03. The molecule has 0 saturated carbocycles. The van der Waals surface area contributed by atoms with Gasteiger partial charge in [0.2, 0.25) is 0 Å². The van der Waals surface area contributed by atoms with Gasteiger partial charge < -0.3 is 14.2 Å². The van der Waals surface area contributed by atoms with E-state index in [2.05, 4.69) is 0 Å². The first-order chi connectivity index (χ1) is 8.27. The smallest absolute Gasteiger partial charge is 0.272 e. The van der Waals surface area contributed by atoms with Gasteiger partial charge in [0, 0.05) is 18.8 Å².